The Kier molecular flexibility index (Phi) is 3.86. The molecular weight excluding hydrogens is 278 g/mol. The van der Waals surface area contributed by atoms with Gasteiger partial charge in [-0.1, -0.05) is 6.07 Å². The van der Waals surface area contributed by atoms with Gasteiger partial charge in [-0.25, -0.2) is 13.1 Å². The first-order valence-electron chi connectivity index (χ1n) is 6.40. The zero-order valence-corrected chi connectivity index (χ0v) is 12.4. The van der Waals surface area contributed by atoms with Crippen molar-refractivity contribution in [3.05, 3.63) is 23.8 Å². The predicted octanol–water partition coefficient (Wildman–Crippen LogP) is 0.581. The SMILES string of the molecule is CNS(=O)(=O)c1cc(NC(=O)C2(CN)CC2)ccc1C. The minimum atomic E-state index is -3.54. The number of carbonyl (C=O) groups is 1. The second kappa shape index (κ2) is 5.16. The smallest absolute Gasteiger partial charge is 0.240 e. The number of nitrogens with two attached hydrogens (primary N) is 1. The van der Waals surface area contributed by atoms with Gasteiger partial charge in [0.25, 0.3) is 0 Å². The lowest BCUT2D eigenvalue weighted by molar-refractivity contribution is -0.120. The highest BCUT2D eigenvalue weighted by atomic mass is 32.2. The summed E-state index contributed by atoms with van der Waals surface area (Å²) in [5, 5.41) is 2.75. The molecule has 2 rings (SSSR count). The number of amides is 1. The maximum absolute atomic E-state index is 12.1. The van der Waals surface area contributed by atoms with E-state index in [1.54, 1.807) is 19.1 Å². The lowest BCUT2D eigenvalue weighted by Crippen LogP contribution is -2.31. The molecule has 0 heterocycles. The molecule has 4 N–H and O–H groups in total. The molecule has 1 aromatic carbocycles. The number of nitrogens with one attached hydrogen (secondary N) is 2. The molecule has 1 amide bonds. The van der Waals surface area contributed by atoms with Crippen molar-refractivity contribution in [2.45, 2.75) is 24.7 Å². The van der Waals surface area contributed by atoms with Crippen LogP contribution in [0.25, 0.3) is 0 Å². The van der Waals surface area contributed by atoms with E-state index in [0.29, 0.717) is 17.8 Å². The van der Waals surface area contributed by atoms with E-state index in [4.69, 9.17) is 5.73 Å². The van der Waals surface area contributed by atoms with Crippen molar-refractivity contribution >= 4 is 21.6 Å². The van der Waals surface area contributed by atoms with Crippen molar-refractivity contribution in [1.29, 1.82) is 0 Å². The maximum atomic E-state index is 12.1. The summed E-state index contributed by atoms with van der Waals surface area (Å²) in [6.07, 6.45) is 1.56. The Morgan fingerprint density at radius 1 is 1.40 bits per heavy atom. The molecule has 0 radical (unpaired) electrons. The zero-order chi connectivity index (χ0) is 15.0. The number of anilines is 1. The van der Waals surface area contributed by atoms with Gasteiger partial charge in [-0.2, -0.15) is 0 Å². The summed E-state index contributed by atoms with van der Waals surface area (Å²) in [5.74, 6) is -0.142. The lowest BCUT2D eigenvalue weighted by atomic mass is 10.1. The van der Waals surface area contributed by atoms with E-state index in [1.165, 1.54) is 13.1 Å². The van der Waals surface area contributed by atoms with Crippen LogP contribution in [-0.4, -0.2) is 27.9 Å². The Morgan fingerprint density at radius 3 is 2.55 bits per heavy atom. The molecule has 0 aromatic heterocycles. The van der Waals surface area contributed by atoms with Crippen molar-refractivity contribution in [2.75, 3.05) is 18.9 Å². The number of aryl methyl sites for hydroxylation is 1. The quantitative estimate of drug-likeness (QED) is 0.740. The second-order valence-electron chi connectivity index (χ2n) is 5.13. The molecule has 1 aliphatic carbocycles. The summed E-state index contributed by atoms with van der Waals surface area (Å²) in [4.78, 5) is 12.2. The summed E-state index contributed by atoms with van der Waals surface area (Å²) in [5.41, 5.74) is 6.23. The highest BCUT2D eigenvalue weighted by Gasteiger charge is 2.48. The molecule has 0 aliphatic heterocycles. The molecule has 20 heavy (non-hydrogen) atoms. The van der Waals surface area contributed by atoms with Gasteiger partial charge in [0.15, 0.2) is 0 Å². The van der Waals surface area contributed by atoms with Crippen LogP contribution >= 0.6 is 0 Å². The van der Waals surface area contributed by atoms with Crippen LogP contribution < -0.4 is 15.8 Å². The van der Waals surface area contributed by atoms with Crippen molar-refractivity contribution in [3.63, 3.8) is 0 Å². The number of benzene rings is 1. The van der Waals surface area contributed by atoms with E-state index < -0.39 is 15.4 Å². The Balaban J connectivity index is 2.27. The molecule has 6 nitrogen and oxygen atoms in total. The highest BCUT2D eigenvalue weighted by molar-refractivity contribution is 7.89. The van der Waals surface area contributed by atoms with Crippen LogP contribution in [-0.2, 0) is 14.8 Å². The largest absolute Gasteiger partial charge is 0.329 e. The second-order valence-corrected chi connectivity index (χ2v) is 6.98. The monoisotopic (exact) mass is 297 g/mol. The van der Waals surface area contributed by atoms with Crippen molar-refractivity contribution in [2.24, 2.45) is 11.1 Å². The third kappa shape index (κ3) is 2.70. The molecule has 1 fully saturated rings. The number of hydrogen-bond acceptors (Lipinski definition) is 4. The van der Waals surface area contributed by atoms with Crippen molar-refractivity contribution < 1.29 is 13.2 Å². The fourth-order valence-electron chi connectivity index (χ4n) is 2.02. The van der Waals surface area contributed by atoms with Crippen LogP contribution in [0.2, 0.25) is 0 Å². The Labute approximate surface area is 118 Å². The van der Waals surface area contributed by atoms with Crippen molar-refractivity contribution in [3.8, 4) is 0 Å². The molecule has 1 aromatic rings. The van der Waals surface area contributed by atoms with E-state index in [-0.39, 0.29) is 10.8 Å². The Bertz CT molecular complexity index is 636. The molecule has 0 saturated heterocycles. The van der Waals surface area contributed by atoms with Crippen LogP contribution in [0.1, 0.15) is 18.4 Å². The minimum Gasteiger partial charge on any atom is -0.329 e. The summed E-state index contributed by atoms with van der Waals surface area (Å²) in [6, 6.07) is 4.82. The molecule has 1 aliphatic rings. The normalized spacial score (nSPS) is 16.8. The molecule has 0 unspecified atom stereocenters. The van der Waals surface area contributed by atoms with Gasteiger partial charge in [0.1, 0.15) is 0 Å². The summed E-state index contributed by atoms with van der Waals surface area (Å²) in [7, 11) is -2.18. The lowest BCUT2D eigenvalue weighted by Gasteiger charge is -2.14. The van der Waals surface area contributed by atoms with Gasteiger partial charge in [0.05, 0.1) is 10.3 Å². The van der Waals surface area contributed by atoms with Gasteiger partial charge in [-0.15, -0.1) is 0 Å². The number of rotatable bonds is 5. The molecule has 0 spiro atoms. The van der Waals surface area contributed by atoms with Gasteiger partial charge < -0.3 is 11.1 Å². The van der Waals surface area contributed by atoms with Gasteiger partial charge in [-0.05, 0) is 44.5 Å². The first-order valence-corrected chi connectivity index (χ1v) is 7.89. The summed E-state index contributed by atoms with van der Waals surface area (Å²) in [6.45, 7) is 2.02. The Morgan fingerprint density at radius 2 is 2.05 bits per heavy atom. The minimum absolute atomic E-state index is 0.142. The first kappa shape index (κ1) is 15.0. The van der Waals surface area contributed by atoms with E-state index in [2.05, 4.69) is 10.0 Å². The van der Waals surface area contributed by atoms with Crippen molar-refractivity contribution in [1.82, 2.24) is 4.72 Å². The predicted molar refractivity (Wildman–Crippen MR) is 76.8 cm³/mol. The van der Waals surface area contributed by atoms with Crippen LogP contribution in [0.4, 0.5) is 5.69 Å². The molecule has 110 valence electrons. The number of carbonyl (C=O) groups excluding carboxylic acids is 1. The zero-order valence-electron chi connectivity index (χ0n) is 11.6. The Hall–Kier alpha value is -1.44. The van der Waals surface area contributed by atoms with E-state index >= 15 is 0 Å². The number of hydrogen-bond donors (Lipinski definition) is 3. The molecule has 0 bridgehead atoms. The average molecular weight is 297 g/mol. The standard InChI is InChI=1S/C13H19N3O3S/c1-9-3-4-10(7-11(9)20(18,19)15-2)16-12(17)13(8-14)5-6-13/h3-4,7,15H,5-6,8,14H2,1-2H3,(H,16,17). The maximum Gasteiger partial charge on any atom is 0.240 e. The van der Waals surface area contributed by atoms with Crippen LogP contribution in [0, 0.1) is 12.3 Å². The first-order chi connectivity index (χ1) is 9.34. The highest BCUT2D eigenvalue weighted by Crippen LogP contribution is 2.45. The van der Waals surface area contributed by atoms with Crippen LogP contribution in [0.3, 0.4) is 0 Å². The van der Waals surface area contributed by atoms with Gasteiger partial charge in [-0.3, -0.25) is 4.79 Å². The number of sulfonamides is 1. The fourth-order valence-corrected chi connectivity index (χ4v) is 3.01. The summed E-state index contributed by atoms with van der Waals surface area (Å²) >= 11 is 0. The van der Waals surface area contributed by atoms with Crippen LogP contribution in [0.5, 0.6) is 0 Å². The third-order valence-electron chi connectivity index (χ3n) is 3.73. The van der Waals surface area contributed by atoms with Crippen LogP contribution in [0.15, 0.2) is 23.1 Å². The fraction of sp³-hybridized carbons (Fsp3) is 0.462. The average Bonchev–Trinajstić information content (AvgIpc) is 3.22. The van der Waals surface area contributed by atoms with Gasteiger partial charge >= 0.3 is 0 Å². The van der Waals surface area contributed by atoms with Gasteiger partial charge in [0, 0.05) is 12.2 Å². The molecule has 7 heteroatoms. The van der Waals surface area contributed by atoms with E-state index in [1.807, 2.05) is 0 Å². The molecule has 0 atom stereocenters. The topological polar surface area (TPSA) is 101 Å². The van der Waals surface area contributed by atoms with E-state index in [0.717, 1.165) is 12.8 Å². The summed E-state index contributed by atoms with van der Waals surface area (Å²) < 4.78 is 26.0. The molecular formula is C13H19N3O3S. The van der Waals surface area contributed by atoms with E-state index in [9.17, 15) is 13.2 Å². The molecule has 1 saturated carbocycles. The van der Waals surface area contributed by atoms with Gasteiger partial charge in [0.2, 0.25) is 15.9 Å². The third-order valence-corrected chi connectivity index (χ3v) is 5.29.